The minimum Gasteiger partial charge on any atom is -0.398 e. The largest absolute Gasteiger partial charge is 0.398 e. The number of nitrogens with two attached hydrogens (primary N) is 1. The van der Waals surface area contributed by atoms with Gasteiger partial charge in [-0.25, -0.2) is 0 Å². The zero-order chi connectivity index (χ0) is 13.0. The second-order valence-corrected chi connectivity index (χ2v) is 4.05. The van der Waals surface area contributed by atoms with Crippen molar-refractivity contribution in [2.45, 2.75) is 6.42 Å². The first kappa shape index (κ1) is 12.3. The smallest absolute Gasteiger partial charge is 0.195 e. The molecule has 0 bridgehead atoms. The molecule has 0 aliphatic heterocycles. The first-order valence-corrected chi connectivity index (χ1v) is 5.82. The summed E-state index contributed by atoms with van der Waals surface area (Å²) in [5, 5.41) is 8.95. The summed E-state index contributed by atoms with van der Waals surface area (Å²) < 4.78 is 0. The maximum atomic E-state index is 12.3. The minimum atomic E-state index is -0.0899. The van der Waals surface area contributed by atoms with E-state index >= 15 is 0 Å². The van der Waals surface area contributed by atoms with Crippen molar-refractivity contribution in [3.05, 3.63) is 65.2 Å². The van der Waals surface area contributed by atoms with Crippen LogP contribution in [0.15, 0.2) is 48.5 Å². The molecule has 0 radical (unpaired) electrons. The van der Waals surface area contributed by atoms with E-state index in [-0.39, 0.29) is 12.4 Å². The molecule has 0 aliphatic carbocycles. The Balaban J connectivity index is 2.40. The van der Waals surface area contributed by atoms with Gasteiger partial charge >= 0.3 is 0 Å². The van der Waals surface area contributed by atoms with Crippen molar-refractivity contribution in [2.75, 3.05) is 12.3 Å². The second kappa shape index (κ2) is 5.47. The molecule has 0 aromatic heterocycles. The van der Waals surface area contributed by atoms with Gasteiger partial charge in [-0.2, -0.15) is 0 Å². The third-order valence-corrected chi connectivity index (χ3v) is 2.86. The van der Waals surface area contributed by atoms with Crippen LogP contribution in [0.3, 0.4) is 0 Å². The molecular formula is C15H15NO2. The molecule has 3 nitrogen and oxygen atoms in total. The number of benzene rings is 2. The predicted octanol–water partition coefficient (Wildman–Crippen LogP) is 2.03. The van der Waals surface area contributed by atoms with Gasteiger partial charge in [0.25, 0.3) is 0 Å². The highest BCUT2D eigenvalue weighted by Crippen LogP contribution is 2.21. The fraction of sp³-hybridized carbons (Fsp3) is 0.133. The van der Waals surface area contributed by atoms with Crippen molar-refractivity contribution in [3.63, 3.8) is 0 Å². The van der Waals surface area contributed by atoms with Gasteiger partial charge < -0.3 is 10.8 Å². The Bertz CT molecular complexity index is 550. The van der Waals surface area contributed by atoms with E-state index in [0.29, 0.717) is 23.2 Å². The first-order valence-electron chi connectivity index (χ1n) is 5.82. The lowest BCUT2D eigenvalue weighted by Gasteiger charge is -2.09. The summed E-state index contributed by atoms with van der Waals surface area (Å²) in [5.74, 6) is -0.0899. The average molecular weight is 241 g/mol. The molecule has 2 aromatic carbocycles. The number of hydrogen-bond acceptors (Lipinski definition) is 3. The number of aliphatic hydroxyl groups excluding tert-OH is 1. The molecule has 0 unspecified atom stereocenters. The zero-order valence-electron chi connectivity index (χ0n) is 9.97. The van der Waals surface area contributed by atoms with E-state index in [4.69, 9.17) is 10.8 Å². The van der Waals surface area contributed by atoms with Gasteiger partial charge in [0, 0.05) is 23.4 Å². The SMILES string of the molecule is Nc1c(CCO)cccc1C(=O)c1ccccc1. The third kappa shape index (κ3) is 2.41. The Morgan fingerprint density at radius 2 is 1.78 bits per heavy atom. The maximum Gasteiger partial charge on any atom is 0.195 e. The first-order chi connectivity index (χ1) is 8.74. The molecule has 3 N–H and O–H groups in total. The molecule has 0 fully saturated rings. The van der Waals surface area contributed by atoms with E-state index in [9.17, 15) is 4.79 Å². The number of nitrogen functional groups attached to an aromatic ring is 1. The number of anilines is 1. The normalized spacial score (nSPS) is 10.3. The van der Waals surface area contributed by atoms with Crippen molar-refractivity contribution >= 4 is 11.5 Å². The molecule has 0 heterocycles. The van der Waals surface area contributed by atoms with Crippen LogP contribution in [0.25, 0.3) is 0 Å². The van der Waals surface area contributed by atoms with Crippen molar-refractivity contribution in [2.24, 2.45) is 0 Å². The highest BCUT2D eigenvalue weighted by atomic mass is 16.2. The third-order valence-electron chi connectivity index (χ3n) is 2.86. The predicted molar refractivity (Wildman–Crippen MR) is 71.5 cm³/mol. The van der Waals surface area contributed by atoms with Gasteiger partial charge in [-0.15, -0.1) is 0 Å². The van der Waals surface area contributed by atoms with E-state index in [1.165, 1.54) is 0 Å². The van der Waals surface area contributed by atoms with Crippen LogP contribution in [0.1, 0.15) is 21.5 Å². The molecule has 0 amide bonds. The molecule has 18 heavy (non-hydrogen) atoms. The van der Waals surface area contributed by atoms with Crippen LogP contribution in [0.5, 0.6) is 0 Å². The number of rotatable bonds is 4. The molecule has 0 spiro atoms. The quantitative estimate of drug-likeness (QED) is 0.636. The topological polar surface area (TPSA) is 63.3 Å². The summed E-state index contributed by atoms with van der Waals surface area (Å²) in [6.45, 7) is 0.0210. The minimum absolute atomic E-state index is 0.0210. The van der Waals surface area contributed by atoms with Gasteiger partial charge in [-0.3, -0.25) is 4.79 Å². The molecule has 0 saturated carbocycles. The zero-order valence-corrected chi connectivity index (χ0v) is 9.97. The Kier molecular flexibility index (Phi) is 3.75. The number of aliphatic hydroxyl groups is 1. The molecule has 3 heteroatoms. The molecule has 2 rings (SSSR count). The number of para-hydroxylation sites is 1. The van der Waals surface area contributed by atoms with E-state index in [0.717, 1.165) is 5.56 Å². The van der Waals surface area contributed by atoms with Crippen molar-refractivity contribution in [1.29, 1.82) is 0 Å². The lowest BCUT2D eigenvalue weighted by Crippen LogP contribution is -2.08. The van der Waals surface area contributed by atoms with Crippen molar-refractivity contribution < 1.29 is 9.90 Å². The summed E-state index contributed by atoms with van der Waals surface area (Å²) in [4.78, 5) is 12.3. The van der Waals surface area contributed by atoms with E-state index < -0.39 is 0 Å². The number of carbonyl (C=O) groups is 1. The number of carbonyl (C=O) groups excluding carboxylic acids is 1. The summed E-state index contributed by atoms with van der Waals surface area (Å²) in [5.41, 5.74) is 8.35. The summed E-state index contributed by atoms with van der Waals surface area (Å²) in [7, 11) is 0. The van der Waals surface area contributed by atoms with Crippen LogP contribution >= 0.6 is 0 Å². The summed E-state index contributed by atoms with van der Waals surface area (Å²) in [6.07, 6.45) is 0.460. The average Bonchev–Trinajstić information content (AvgIpc) is 2.42. The highest BCUT2D eigenvalue weighted by molar-refractivity contribution is 6.12. The van der Waals surface area contributed by atoms with Crippen molar-refractivity contribution in [1.82, 2.24) is 0 Å². The van der Waals surface area contributed by atoms with Gasteiger partial charge in [-0.1, -0.05) is 42.5 Å². The van der Waals surface area contributed by atoms with Gasteiger partial charge in [0.15, 0.2) is 5.78 Å². The molecule has 92 valence electrons. The van der Waals surface area contributed by atoms with Crippen LogP contribution in [0.2, 0.25) is 0 Å². The molecule has 2 aromatic rings. The Morgan fingerprint density at radius 1 is 1.06 bits per heavy atom. The number of ketones is 1. The lowest BCUT2D eigenvalue weighted by atomic mass is 9.98. The van der Waals surface area contributed by atoms with Gasteiger partial charge in [0.2, 0.25) is 0 Å². The van der Waals surface area contributed by atoms with E-state index in [1.807, 2.05) is 24.3 Å². The lowest BCUT2D eigenvalue weighted by molar-refractivity contribution is 0.103. The summed E-state index contributed by atoms with van der Waals surface area (Å²) >= 11 is 0. The Labute approximate surface area is 106 Å². The summed E-state index contributed by atoms with van der Waals surface area (Å²) in [6, 6.07) is 14.4. The van der Waals surface area contributed by atoms with Crippen LogP contribution < -0.4 is 5.73 Å². The standard InChI is InChI=1S/C15H15NO2/c16-14-11(9-10-17)7-4-8-13(14)15(18)12-5-2-1-3-6-12/h1-8,17H,9-10,16H2. The molecular weight excluding hydrogens is 226 g/mol. The van der Waals surface area contributed by atoms with E-state index in [1.54, 1.807) is 24.3 Å². The Morgan fingerprint density at radius 3 is 2.44 bits per heavy atom. The van der Waals surface area contributed by atoms with Gasteiger partial charge in [-0.05, 0) is 18.1 Å². The van der Waals surface area contributed by atoms with Crippen LogP contribution in [-0.4, -0.2) is 17.5 Å². The fourth-order valence-electron chi connectivity index (χ4n) is 1.89. The molecule has 0 saturated heterocycles. The van der Waals surface area contributed by atoms with E-state index in [2.05, 4.69) is 0 Å². The van der Waals surface area contributed by atoms with Crippen LogP contribution in [-0.2, 0) is 6.42 Å². The Hall–Kier alpha value is -2.13. The fourth-order valence-corrected chi connectivity index (χ4v) is 1.89. The van der Waals surface area contributed by atoms with Crippen LogP contribution in [0.4, 0.5) is 5.69 Å². The van der Waals surface area contributed by atoms with Crippen LogP contribution in [0, 0.1) is 0 Å². The van der Waals surface area contributed by atoms with Gasteiger partial charge in [0.05, 0.1) is 0 Å². The molecule has 0 atom stereocenters. The van der Waals surface area contributed by atoms with Crippen molar-refractivity contribution in [3.8, 4) is 0 Å². The molecule has 0 aliphatic rings. The maximum absolute atomic E-state index is 12.3. The second-order valence-electron chi connectivity index (χ2n) is 4.05. The number of hydrogen-bond donors (Lipinski definition) is 2. The van der Waals surface area contributed by atoms with Gasteiger partial charge in [0.1, 0.15) is 0 Å². The highest BCUT2D eigenvalue weighted by Gasteiger charge is 2.13. The monoisotopic (exact) mass is 241 g/mol.